The molecule has 168 valence electrons. The molecule has 1 aliphatic rings. The van der Waals surface area contributed by atoms with Gasteiger partial charge in [-0.15, -0.1) is 0 Å². The highest BCUT2D eigenvalue weighted by molar-refractivity contribution is 5.92. The second-order valence-corrected chi connectivity index (χ2v) is 8.02. The van der Waals surface area contributed by atoms with Crippen molar-refractivity contribution in [2.45, 2.75) is 32.5 Å². The molecule has 0 radical (unpaired) electrons. The first-order valence-corrected chi connectivity index (χ1v) is 10.4. The molecular formula is C23H23F3N4O2. The van der Waals surface area contributed by atoms with Crippen LogP contribution in [0.5, 0.6) is 0 Å². The molecule has 1 aromatic heterocycles. The van der Waals surface area contributed by atoms with Gasteiger partial charge >= 0.3 is 6.18 Å². The zero-order chi connectivity index (χ0) is 22.7. The van der Waals surface area contributed by atoms with Crippen molar-refractivity contribution in [3.63, 3.8) is 0 Å². The Balaban J connectivity index is 1.35. The van der Waals surface area contributed by atoms with E-state index in [1.54, 1.807) is 0 Å². The van der Waals surface area contributed by atoms with Gasteiger partial charge in [-0.25, -0.2) is 0 Å². The highest BCUT2D eigenvalue weighted by Crippen LogP contribution is 2.30. The van der Waals surface area contributed by atoms with Crippen LogP contribution in [0.3, 0.4) is 0 Å². The first kappa shape index (κ1) is 22.0. The first-order valence-electron chi connectivity index (χ1n) is 10.4. The van der Waals surface area contributed by atoms with E-state index >= 15 is 0 Å². The lowest BCUT2D eigenvalue weighted by Gasteiger charge is -2.30. The Morgan fingerprint density at radius 3 is 2.72 bits per heavy atom. The van der Waals surface area contributed by atoms with E-state index in [0.29, 0.717) is 36.9 Å². The first-order chi connectivity index (χ1) is 15.3. The predicted octanol–water partition coefficient (Wildman–Crippen LogP) is 4.91. The number of alkyl halides is 3. The molecule has 1 aliphatic heterocycles. The predicted molar refractivity (Wildman–Crippen MR) is 113 cm³/mol. The molecule has 32 heavy (non-hydrogen) atoms. The van der Waals surface area contributed by atoms with Crippen molar-refractivity contribution in [2.24, 2.45) is 5.92 Å². The highest BCUT2D eigenvalue weighted by atomic mass is 19.4. The smallest absolute Gasteiger partial charge is 0.338 e. The molecule has 1 fully saturated rings. The summed E-state index contributed by atoms with van der Waals surface area (Å²) in [6.45, 7) is 3.73. The lowest BCUT2D eigenvalue weighted by atomic mass is 9.97. The Bertz CT molecular complexity index is 1080. The Morgan fingerprint density at radius 1 is 1.22 bits per heavy atom. The summed E-state index contributed by atoms with van der Waals surface area (Å²) in [6, 6.07) is 12.3. The maximum Gasteiger partial charge on any atom is 0.416 e. The Hall–Kier alpha value is -3.20. The molecule has 2 aromatic carbocycles. The molecule has 1 N–H and O–H groups in total. The van der Waals surface area contributed by atoms with Gasteiger partial charge in [0.2, 0.25) is 17.6 Å². The summed E-state index contributed by atoms with van der Waals surface area (Å²) in [5, 5.41) is 6.78. The van der Waals surface area contributed by atoms with Crippen molar-refractivity contribution in [2.75, 3.05) is 18.4 Å². The molecule has 1 saturated heterocycles. The van der Waals surface area contributed by atoms with Crippen molar-refractivity contribution in [3.05, 3.63) is 65.5 Å². The molecule has 9 heteroatoms. The summed E-state index contributed by atoms with van der Waals surface area (Å²) in [7, 11) is 0. The van der Waals surface area contributed by atoms with Crippen molar-refractivity contribution in [3.8, 4) is 11.4 Å². The standard InChI is InChI=1S/C23H23F3N4O2/c1-15-4-2-5-16(12-15)21-28-20(32-29-21)14-30-11-3-6-17(13-30)22(31)27-19-9-7-18(8-10-19)23(24,25)26/h2,4-5,7-10,12,17H,3,6,11,13-14H2,1H3,(H,27,31). The van der Waals surface area contributed by atoms with E-state index in [-0.39, 0.29) is 11.8 Å². The third kappa shape index (κ3) is 5.34. The van der Waals surface area contributed by atoms with E-state index in [2.05, 4.69) is 20.4 Å². The minimum absolute atomic E-state index is 0.208. The van der Waals surface area contributed by atoms with E-state index < -0.39 is 11.7 Å². The van der Waals surface area contributed by atoms with Crippen LogP contribution in [0.15, 0.2) is 53.1 Å². The van der Waals surface area contributed by atoms with E-state index in [1.165, 1.54) is 12.1 Å². The molecule has 1 unspecified atom stereocenters. The van der Waals surface area contributed by atoms with Gasteiger partial charge in [-0.1, -0.05) is 28.9 Å². The van der Waals surface area contributed by atoms with Crippen LogP contribution in [-0.4, -0.2) is 34.0 Å². The average Bonchev–Trinajstić information content (AvgIpc) is 3.22. The molecule has 6 nitrogen and oxygen atoms in total. The summed E-state index contributed by atoms with van der Waals surface area (Å²) in [4.78, 5) is 19.2. The van der Waals surface area contributed by atoms with Gasteiger partial charge in [-0.2, -0.15) is 18.2 Å². The minimum Gasteiger partial charge on any atom is -0.338 e. The van der Waals surface area contributed by atoms with Crippen LogP contribution < -0.4 is 5.32 Å². The Kier molecular flexibility index (Phi) is 6.27. The number of hydrogen-bond donors (Lipinski definition) is 1. The number of nitrogens with one attached hydrogen (secondary N) is 1. The fourth-order valence-corrected chi connectivity index (χ4v) is 3.81. The van der Waals surface area contributed by atoms with Gasteiger partial charge in [0, 0.05) is 17.8 Å². The van der Waals surface area contributed by atoms with Gasteiger partial charge in [-0.05, 0) is 56.6 Å². The number of aromatic nitrogens is 2. The molecule has 2 heterocycles. The number of aryl methyl sites for hydroxylation is 1. The maximum atomic E-state index is 12.7. The number of hydrogen-bond acceptors (Lipinski definition) is 5. The number of halogens is 3. The lowest BCUT2D eigenvalue weighted by Crippen LogP contribution is -2.40. The fourth-order valence-electron chi connectivity index (χ4n) is 3.81. The molecule has 0 bridgehead atoms. The van der Waals surface area contributed by atoms with Crippen LogP contribution in [0.4, 0.5) is 18.9 Å². The molecule has 0 aliphatic carbocycles. The number of rotatable bonds is 5. The van der Waals surface area contributed by atoms with Crippen LogP contribution in [-0.2, 0) is 17.5 Å². The van der Waals surface area contributed by atoms with Crippen molar-refractivity contribution < 1.29 is 22.5 Å². The van der Waals surface area contributed by atoms with Gasteiger partial charge in [0.1, 0.15) is 0 Å². The van der Waals surface area contributed by atoms with Gasteiger partial charge < -0.3 is 9.84 Å². The molecule has 0 saturated carbocycles. The molecule has 1 atom stereocenters. The van der Waals surface area contributed by atoms with Crippen LogP contribution in [0.2, 0.25) is 0 Å². The normalized spacial score (nSPS) is 17.3. The number of anilines is 1. The number of carbonyl (C=O) groups excluding carboxylic acids is 1. The van der Waals surface area contributed by atoms with Crippen molar-refractivity contribution >= 4 is 11.6 Å². The number of benzene rings is 2. The summed E-state index contributed by atoms with van der Waals surface area (Å²) in [5.74, 6) is 0.522. The Labute approximate surface area is 183 Å². The quantitative estimate of drug-likeness (QED) is 0.605. The summed E-state index contributed by atoms with van der Waals surface area (Å²) in [5.41, 5.74) is 1.59. The number of nitrogens with zero attached hydrogens (tertiary/aromatic N) is 3. The van der Waals surface area contributed by atoms with Gasteiger partial charge in [0.15, 0.2) is 0 Å². The van der Waals surface area contributed by atoms with Crippen LogP contribution in [0.25, 0.3) is 11.4 Å². The number of piperidine rings is 1. The molecule has 4 rings (SSSR count). The molecular weight excluding hydrogens is 421 g/mol. The monoisotopic (exact) mass is 444 g/mol. The zero-order valence-corrected chi connectivity index (χ0v) is 17.5. The third-order valence-electron chi connectivity index (χ3n) is 5.46. The zero-order valence-electron chi connectivity index (χ0n) is 17.5. The van der Waals surface area contributed by atoms with Crippen molar-refractivity contribution in [1.29, 1.82) is 0 Å². The van der Waals surface area contributed by atoms with Gasteiger partial charge in [0.25, 0.3) is 0 Å². The second-order valence-electron chi connectivity index (χ2n) is 8.02. The largest absolute Gasteiger partial charge is 0.416 e. The van der Waals surface area contributed by atoms with Crippen LogP contribution in [0, 0.1) is 12.8 Å². The summed E-state index contributed by atoms with van der Waals surface area (Å²) >= 11 is 0. The highest BCUT2D eigenvalue weighted by Gasteiger charge is 2.30. The second kappa shape index (κ2) is 9.12. The molecule has 1 amide bonds. The van der Waals surface area contributed by atoms with E-state index in [4.69, 9.17) is 4.52 Å². The molecule has 0 spiro atoms. The van der Waals surface area contributed by atoms with Crippen molar-refractivity contribution in [1.82, 2.24) is 15.0 Å². The molecule has 3 aromatic rings. The van der Waals surface area contributed by atoms with E-state index in [9.17, 15) is 18.0 Å². The third-order valence-corrected chi connectivity index (χ3v) is 5.46. The van der Waals surface area contributed by atoms with Crippen LogP contribution in [0.1, 0.15) is 29.9 Å². The SMILES string of the molecule is Cc1cccc(-c2noc(CN3CCCC(C(=O)Nc4ccc(C(F)(F)F)cc4)C3)n2)c1. The maximum absolute atomic E-state index is 12.7. The van der Waals surface area contributed by atoms with E-state index in [0.717, 1.165) is 36.2 Å². The lowest BCUT2D eigenvalue weighted by molar-refractivity contribution is -0.137. The average molecular weight is 444 g/mol. The number of carbonyl (C=O) groups is 1. The number of likely N-dealkylation sites (tertiary alicyclic amines) is 1. The van der Waals surface area contributed by atoms with Gasteiger partial charge in [0.05, 0.1) is 18.0 Å². The fraction of sp³-hybridized carbons (Fsp3) is 0.348. The minimum atomic E-state index is -4.40. The van der Waals surface area contributed by atoms with E-state index in [1.807, 2.05) is 31.2 Å². The van der Waals surface area contributed by atoms with Crippen LogP contribution >= 0.6 is 0 Å². The Morgan fingerprint density at radius 2 is 2.00 bits per heavy atom. The number of amides is 1. The summed E-state index contributed by atoms with van der Waals surface area (Å²) in [6.07, 6.45) is -2.87. The van der Waals surface area contributed by atoms with Gasteiger partial charge in [-0.3, -0.25) is 9.69 Å². The topological polar surface area (TPSA) is 71.3 Å². The summed E-state index contributed by atoms with van der Waals surface area (Å²) < 4.78 is 43.5.